The summed E-state index contributed by atoms with van der Waals surface area (Å²) in [5, 5.41) is 6.63. The summed E-state index contributed by atoms with van der Waals surface area (Å²) >= 11 is 0. The molecule has 0 atom stereocenters. The number of ether oxygens (including phenoxy) is 2. The minimum Gasteiger partial charge on any atom is -0.493 e. The highest BCUT2D eigenvalue weighted by atomic mass is 16.5. The van der Waals surface area contributed by atoms with Crippen molar-refractivity contribution >= 4 is 44.1 Å². The number of para-hydroxylation sites is 2. The van der Waals surface area contributed by atoms with E-state index < -0.39 is 0 Å². The number of aromatic nitrogens is 2. The number of fused-ring (bicyclic) bond motifs is 3. The van der Waals surface area contributed by atoms with Gasteiger partial charge >= 0.3 is 5.63 Å². The molecule has 2 aliphatic rings. The number of nitrogens with zero attached hydrogens (tertiary/aromatic N) is 5. The zero-order valence-electron chi connectivity index (χ0n) is 29.0. The molecule has 0 unspecified atom stereocenters. The van der Waals surface area contributed by atoms with Crippen LogP contribution in [0.1, 0.15) is 11.1 Å². The molecule has 8 rings (SSSR count). The minimum absolute atomic E-state index is 0.320. The van der Waals surface area contributed by atoms with Gasteiger partial charge in [-0.1, -0.05) is 36.4 Å². The molecule has 2 saturated heterocycles. The van der Waals surface area contributed by atoms with Crippen LogP contribution in [0.25, 0.3) is 32.8 Å². The lowest BCUT2D eigenvalue weighted by molar-refractivity contribution is 0.197. The van der Waals surface area contributed by atoms with E-state index in [9.17, 15) is 4.79 Å². The lowest BCUT2D eigenvalue weighted by Gasteiger charge is -2.36. The Kier molecular flexibility index (Phi) is 10.1. The van der Waals surface area contributed by atoms with Crippen molar-refractivity contribution in [3.8, 4) is 11.5 Å². The van der Waals surface area contributed by atoms with E-state index in [1.165, 1.54) is 22.1 Å². The Balaban J connectivity index is 0.000000203. The molecule has 0 saturated carbocycles. The highest BCUT2D eigenvalue weighted by molar-refractivity contribution is 5.91. The number of hydrogen-bond donors (Lipinski definition) is 1. The second-order valence-corrected chi connectivity index (χ2v) is 12.8. The van der Waals surface area contributed by atoms with Crippen LogP contribution in [0.15, 0.2) is 94.4 Å². The molecule has 6 aromatic rings. The Morgan fingerprint density at radius 2 is 1.34 bits per heavy atom. The minimum atomic E-state index is -0.320. The topological polar surface area (TPSA) is 96.2 Å². The van der Waals surface area contributed by atoms with E-state index in [2.05, 4.69) is 78.5 Å². The van der Waals surface area contributed by atoms with Crippen LogP contribution >= 0.6 is 0 Å². The summed E-state index contributed by atoms with van der Waals surface area (Å²) < 4.78 is 17.0. The molecule has 258 valence electrons. The monoisotopic (exact) mass is 672 g/mol. The van der Waals surface area contributed by atoms with Crippen molar-refractivity contribution in [1.82, 2.24) is 20.2 Å². The SMILES string of the molecule is COc1cc2oc(=O)c(C)c(C)c2cc1OCCN1CCN(c2cccc3cccnc23)CC1.c1cnc2c(N3CCNCC3)cccc2c1. The van der Waals surface area contributed by atoms with Crippen LogP contribution < -0.4 is 30.2 Å². The first-order valence-corrected chi connectivity index (χ1v) is 17.4. The summed E-state index contributed by atoms with van der Waals surface area (Å²) in [7, 11) is 1.59. The van der Waals surface area contributed by atoms with Crippen molar-refractivity contribution in [3.63, 3.8) is 0 Å². The fourth-order valence-electron chi connectivity index (χ4n) is 6.81. The average molecular weight is 673 g/mol. The number of rotatable bonds is 7. The highest BCUT2D eigenvalue weighted by Crippen LogP contribution is 2.34. The maximum absolute atomic E-state index is 12.0. The number of methoxy groups -OCH3 is 1. The van der Waals surface area contributed by atoms with Crippen molar-refractivity contribution in [2.24, 2.45) is 0 Å². The van der Waals surface area contributed by atoms with Gasteiger partial charge in [-0.15, -0.1) is 0 Å². The molecule has 0 amide bonds. The first kappa shape index (κ1) is 33.3. The zero-order chi connectivity index (χ0) is 34.5. The second-order valence-electron chi connectivity index (χ2n) is 12.8. The summed E-state index contributed by atoms with van der Waals surface area (Å²) in [5.41, 5.74) is 6.35. The standard InChI is InChI=1S/C27H29N3O4.C13H15N3/c1-18-19(2)27(31)34-23-17-24(32-3)25(16-21(18)23)33-15-14-29-10-12-30(13-11-29)22-8-4-6-20-7-5-9-28-26(20)22;1-3-11-4-2-6-15-13(11)12(5-1)16-9-7-14-8-10-16/h4-9,16-17H,10-15H2,1-3H3;1-6,14H,7-10H2. The summed E-state index contributed by atoms with van der Waals surface area (Å²) in [6.07, 6.45) is 3.73. The van der Waals surface area contributed by atoms with Gasteiger partial charge in [-0.2, -0.15) is 0 Å². The summed E-state index contributed by atoms with van der Waals surface area (Å²) in [6.45, 7) is 13.2. The predicted octanol–water partition coefficient (Wildman–Crippen LogP) is 5.81. The van der Waals surface area contributed by atoms with E-state index in [0.717, 1.165) is 80.9 Å². The molecular formula is C40H44N6O4. The van der Waals surface area contributed by atoms with Gasteiger partial charge in [0.25, 0.3) is 0 Å². The smallest absolute Gasteiger partial charge is 0.339 e. The first-order valence-electron chi connectivity index (χ1n) is 17.4. The van der Waals surface area contributed by atoms with Crippen LogP contribution in [-0.2, 0) is 0 Å². The van der Waals surface area contributed by atoms with Crippen LogP contribution in [-0.4, -0.2) is 87.5 Å². The number of pyridine rings is 2. The van der Waals surface area contributed by atoms with Crippen molar-refractivity contribution < 1.29 is 13.9 Å². The van der Waals surface area contributed by atoms with Gasteiger partial charge in [-0.25, -0.2) is 4.79 Å². The zero-order valence-corrected chi connectivity index (χ0v) is 29.0. The molecule has 10 nitrogen and oxygen atoms in total. The number of anilines is 2. The largest absolute Gasteiger partial charge is 0.493 e. The first-order chi connectivity index (χ1) is 24.5. The number of hydrogen-bond acceptors (Lipinski definition) is 10. The lowest BCUT2D eigenvalue weighted by atomic mass is 10.1. The molecule has 0 bridgehead atoms. The number of piperazine rings is 2. The average Bonchev–Trinajstić information content (AvgIpc) is 3.17. The summed E-state index contributed by atoms with van der Waals surface area (Å²) in [4.78, 5) is 28.3. The quantitative estimate of drug-likeness (QED) is 0.209. The lowest BCUT2D eigenvalue weighted by Crippen LogP contribution is -2.47. The maximum Gasteiger partial charge on any atom is 0.339 e. The third-order valence-electron chi connectivity index (χ3n) is 9.80. The van der Waals surface area contributed by atoms with Gasteiger partial charge in [0.05, 0.1) is 29.5 Å². The van der Waals surface area contributed by atoms with Gasteiger partial charge in [-0.05, 0) is 49.7 Å². The molecule has 50 heavy (non-hydrogen) atoms. The Labute approximate surface area is 292 Å². The van der Waals surface area contributed by atoms with E-state index in [1.807, 2.05) is 37.5 Å². The van der Waals surface area contributed by atoms with Crippen LogP contribution in [0.3, 0.4) is 0 Å². The third-order valence-corrected chi connectivity index (χ3v) is 9.80. The van der Waals surface area contributed by atoms with E-state index in [-0.39, 0.29) is 5.63 Å². The Bertz CT molecular complexity index is 2140. The number of nitrogens with one attached hydrogen (secondary N) is 1. The molecule has 3 aromatic carbocycles. The van der Waals surface area contributed by atoms with Crippen LogP contribution in [0.4, 0.5) is 11.4 Å². The van der Waals surface area contributed by atoms with E-state index in [1.54, 1.807) is 20.1 Å². The van der Waals surface area contributed by atoms with Gasteiger partial charge in [-0.3, -0.25) is 14.9 Å². The van der Waals surface area contributed by atoms with Crippen LogP contribution in [0, 0.1) is 13.8 Å². The maximum atomic E-state index is 12.0. The fraction of sp³-hybridized carbons (Fsp3) is 0.325. The van der Waals surface area contributed by atoms with Crippen molar-refractivity contribution in [1.29, 1.82) is 0 Å². The number of aryl methyl sites for hydroxylation is 1. The molecule has 0 spiro atoms. The molecule has 10 heteroatoms. The molecule has 1 N–H and O–H groups in total. The molecule has 2 fully saturated rings. The van der Waals surface area contributed by atoms with Gasteiger partial charge in [0.1, 0.15) is 12.2 Å². The van der Waals surface area contributed by atoms with Gasteiger partial charge in [0, 0.05) is 99.1 Å². The van der Waals surface area contributed by atoms with E-state index >= 15 is 0 Å². The molecule has 3 aromatic heterocycles. The van der Waals surface area contributed by atoms with Gasteiger partial charge < -0.3 is 29.0 Å². The fourth-order valence-corrected chi connectivity index (χ4v) is 6.81. The normalized spacial score (nSPS) is 15.3. The molecular weight excluding hydrogens is 628 g/mol. The molecule has 0 aliphatic carbocycles. The number of benzene rings is 3. The highest BCUT2D eigenvalue weighted by Gasteiger charge is 2.20. The van der Waals surface area contributed by atoms with Crippen LogP contribution in [0.2, 0.25) is 0 Å². The third kappa shape index (κ3) is 7.08. The van der Waals surface area contributed by atoms with Crippen molar-refractivity contribution in [2.45, 2.75) is 13.8 Å². The predicted molar refractivity (Wildman–Crippen MR) is 201 cm³/mol. The molecule has 5 heterocycles. The summed E-state index contributed by atoms with van der Waals surface area (Å²) in [5.74, 6) is 1.22. The van der Waals surface area contributed by atoms with Crippen molar-refractivity contribution in [3.05, 3.63) is 107 Å². The van der Waals surface area contributed by atoms with Gasteiger partial charge in [0.2, 0.25) is 0 Å². The summed E-state index contributed by atoms with van der Waals surface area (Å²) in [6, 6.07) is 24.6. The second kappa shape index (κ2) is 15.1. The molecule has 2 aliphatic heterocycles. The Hall–Kier alpha value is -5.19. The Morgan fingerprint density at radius 3 is 1.96 bits per heavy atom. The molecule has 0 radical (unpaired) electrons. The van der Waals surface area contributed by atoms with E-state index in [4.69, 9.17) is 13.9 Å². The van der Waals surface area contributed by atoms with E-state index in [0.29, 0.717) is 29.3 Å². The van der Waals surface area contributed by atoms with Gasteiger partial charge in [0.15, 0.2) is 11.5 Å². The Morgan fingerprint density at radius 1 is 0.740 bits per heavy atom. The van der Waals surface area contributed by atoms with Crippen LogP contribution in [0.5, 0.6) is 11.5 Å². The van der Waals surface area contributed by atoms with Crippen molar-refractivity contribution in [2.75, 3.05) is 82.4 Å².